The minimum absolute atomic E-state index is 0. The summed E-state index contributed by atoms with van der Waals surface area (Å²) in [5.41, 5.74) is -0.0500. The van der Waals surface area contributed by atoms with E-state index in [1.54, 1.807) is 14.0 Å². The van der Waals surface area contributed by atoms with Crippen molar-refractivity contribution in [2.45, 2.75) is 39.7 Å². The van der Waals surface area contributed by atoms with E-state index in [2.05, 4.69) is 41.1 Å². The topological polar surface area (TPSA) is 82.6 Å². The first-order chi connectivity index (χ1) is 8.20. The first-order valence-electron chi connectivity index (χ1n) is 6.16. The normalized spacial score (nSPS) is 12.8. The highest BCUT2D eigenvalue weighted by Gasteiger charge is 2.11. The summed E-state index contributed by atoms with van der Waals surface area (Å²) in [4.78, 5) is 4.09. The fourth-order valence-electron chi connectivity index (χ4n) is 1.16. The Kier molecular flexibility index (Phi) is 10.9. The van der Waals surface area contributed by atoms with Gasteiger partial charge in [0.25, 0.3) is 0 Å². The average Bonchev–Trinajstić information content (AvgIpc) is 2.25. The maximum atomic E-state index is 11.2. The first kappa shape index (κ1) is 21.2. The van der Waals surface area contributed by atoms with Crippen molar-refractivity contribution in [1.29, 1.82) is 0 Å². The Morgan fingerprint density at radius 2 is 1.79 bits per heavy atom. The van der Waals surface area contributed by atoms with Gasteiger partial charge in [0.1, 0.15) is 0 Å². The van der Waals surface area contributed by atoms with Crippen molar-refractivity contribution < 1.29 is 8.42 Å². The van der Waals surface area contributed by atoms with Gasteiger partial charge in [0.05, 0.1) is 5.75 Å². The first-order valence-corrected chi connectivity index (χ1v) is 7.81. The van der Waals surface area contributed by atoms with Crippen molar-refractivity contribution in [1.82, 2.24) is 15.4 Å². The van der Waals surface area contributed by atoms with Crippen molar-refractivity contribution in [3.8, 4) is 0 Å². The molecule has 0 amide bonds. The molecule has 3 N–H and O–H groups in total. The van der Waals surface area contributed by atoms with Crippen LogP contribution in [0.1, 0.15) is 34.1 Å². The van der Waals surface area contributed by atoms with Crippen LogP contribution in [0.2, 0.25) is 0 Å². The van der Waals surface area contributed by atoms with Crippen LogP contribution in [0, 0.1) is 0 Å². The van der Waals surface area contributed by atoms with Gasteiger partial charge in [-0.15, -0.1) is 24.0 Å². The lowest BCUT2D eigenvalue weighted by molar-refractivity contribution is 0.501. The highest BCUT2D eigenvalue weighted by molar-refractivity contribution is 14.0. The number of nitrogens with zero attached hydrogens (tertiary/aromatic N) is 1. The van der Waals surface area contributed by atoms with Gasteiger partial charge in [-0.2, -0.15) is 0 Å². The molecule has 0 atom stereocenters. The van der Waals surface area contributed by atoms with Crippen LogP contribution in [-0.4, -0.2) is 45.8 Å². The van der Waals surface area contributed by atoms with E-state index in [0.29, 0.717) is 19.5 Å². The van der Waals surface area contributed by atoms with Crippen molar-refractivity contribution in [3.63, 3.8) is 0 Å². The van der Waals surface area contributed by atoms with Gasteiger partial charge in [-0.1, -0.05) is 0 Å². The molecule has 0 heterocycles. The zero-order valence-electron chi connectivity index (χ0n) is 12.4. The number of nitrogens with one attached hydrogen (secondary N) is 3. The molecule has 0 radical (unpaired) electrons. The van der Waals surface area contributed by atoms with E-state index >= 15 is 0 Å². The van der Waals surface area contributed by atoms with Crippen LogP contribution in [0.5, 0.6) is 0 Å². The summed E-state index contributed by atoms with van der Waals surface area (Å²) in [6, 6.07) is 0. The largest absolute Gasteiger partial charge is 0.356 e. The summed E-state index contributed by atoms with van der Waals surface area (Å²) in [7, 11) is -1.37. The molecule has 19 heavy (non-hydrogen) atoms. The fourth-order valence-corrected chi connectivity index (χ4v) is 1.82. The van der Waals surface area contributed by atoms with E-state index in [1.807, 2.05) is 0 Å². The maximum absolute atomic E-state index is 11.2. The van der Waals surface area contributed by atoms with Crippen LogP contribution < -0.4 is 15.4 Å². The number of hydrogen-bond donors (Lipinski definition) is 3. The molecule has 0 aliphatic carbocycles. The molecular weight excluding hydrogens is 379 g/mol. The van der Waals surface area contributed by atoms with Gasteiger partial charge in [0.2, 0.25) is 10.0 Å². The SMILES string of the molecule is CCS(=O)(=O)NCCCNC(=NC)NC(C)(C)C.I. The van der Waals surface area contributed by atoms with Crippen LogP contribution in [-0.2, 0) is 10.0 Å². The Balaban J connectivity index is 0. The predicted molar refractivity (Wildman–Crippen MR) is 91.7 cm³/mol. The Hall–Kier alpha value is -0.0900. The van der Waals surface area contributed by atoms with Gasteiger partial charge in [0.15, 0.2) is 5.96 Å². The summed E-state index contributed by atoms with van der Waals surface area (Å²) in [5.74, 6) is 0.842. The van der Waals surface area contributed by atoms with Crippen molar-refractivity contribution in [2.24, 2.45) is 4.99 Å². The van der Waals surface area contributed by atoms with Gasteiger partial charge < -0.3 is 10.6 Å². The van der Waals surface area contributed by atoms with Gasteiger partial charge in [0, 0.05) is 25.7 Å². The molecule has 116 valence electrons. The molecule has 0 aromatic carbocycles. The van der Waals surface area contributed by atoms with Crippen LogP contribution in [0.15, 0.2) is 4.99 Å². The molecule has 0 aliphatic rings. The second-order valence-corrected chi connectivity index (χ2v) is 7.12. The quantitative estimate of drug-likeness (QED) is 0.265. The molecule has 0 bridgehead atoms. The van der Waals surface area contributed by atoms with E-state index in [1.165, 1.54) is 0 Å². The smallest absolute Gasteiger partial charge is 0.211 e. The van der Waals surface area contributed by atoms with Gasteiger partial charge >= 0.3 is 0 Å². The zero-order valence-corrected chi connectivity index (χ0v) is 15.6. The Morgan fingerprint density at radius 3 is 2.21 bits per heavy atom. The van der Waals surface area contributed by atoms with E-state index in [9.17, 15) is 8.42 Å². The minimum Gasteiger partial charge on any atom is -0.356 e. The van der Waals surface area contributed by atoms with Crippen LogP contribution in [0.3, 0.4) is 0 Å². The minimum atomic E-state index is -3.08. The van der Waals surface area contributed by atoms with Crippen molar-refractivity contribution in [2.75, 3.05) is 25.9 Å². The van der Waals surface area contributed by atoms with Crippen molar-refractivity contribution in [3.05, 3.63) is 0 Å². The van der Waals surface area contributed by atoms with Crippen LogP contribution >= 0.6 is 24.0 Å². The molecule has 0 spiro atoms. The maximum Gasteiger partial charge on any atom is 0.211 e. The summed E-state index contributed by atoms with van der Waals surface area (Å²) in [6.07, 6.45) is 0.712. The van der Waals surface area contributed by atoms with Crippen LogP contribution in [0.4, 0.5) is 0 Å². The fraction of sp³-hybridized carbons (Fsp3) is 0.909. The summed E-state index contributed by atoms with van der Waals surface area (Å²) in [5, 5.41) is 6.36. The molecule has 0 saturated carbocycles. The molecule has 0 aromatic rings. The number of aliphatic imine (C=N–C) groups is 1. The number of hydrogen-bond acceptors (Lipinski definition) is 3. The summed E-state index contributed by atoms with van der Waals surface area (Å²) in [6.45, 7) is 8.88. The highest BCUT2D eigenvalue weighted by atomic mass is 127. The third-order valence-corrected chi connectivity index (χ3v) is 3.47. The van der Waals surface area contributed by atoms with E-state index in [4.69, 9.17) is 0 Å². The number of guanidine groups is 1. The van der Waals surface area contributed by atoms with Gasteiger partial charge in [-0.25, -0.2) is 13.1 Å². The van der Waals surface area contributed by atoms with E-state index < -0.39 is 10.0 Å². The molecule has 0 rings (SSSR count). The molecule has 0 unspecified atom stereocenters. The average molecular weight is 406 g/mol. The summed E-state index contributed by atoms with van der Waals surface area (Å²) >= 11 is 0. The third-order valence-electron chi connectivity index (χ3n) is 2.07. The Labute approximate surface area is 134 Å². The lowest BCUT2D eigenvalue weighted by Gasteiger charge is -2.23. The lowest BCUT2D eigenvalue weighted by atomic mass is 10.1. The number of rotatable bonds is 6. The molecule has 6 nitrogen and oxygen atoms in total. The summed E-state index contributed by atoms with van der Waals surface area (Å²) < 4.78 is 24.9. The Morgan fingerprint density at radius 1 is 1.21 bits per heavy atom. The monoisotopic (exact) mass is 406 g/mol. The molecule has 0 fully saturated rings. The Bertz CT molecular complexity index is 363. The van der Waals surface area contributed by atoms with E-state index in [-0.39, 0.29) is 35.3 Å². The standard InChI is InChI=1S/C11H26N4O2S.HI/c1-6-18(16,17)14-9-7-8-13-10(12-5)15-11(2,3)4;/h14H,6-9H2,1-5H3,(H2,12,13,15);1H. The van der Waals surface area contributed by atoms with Crippen molar-refractivity contribution >= 4 is 40.0 Å². The lowest BCUT2D eigenvalue weighted by Crippen LogP contribution is -2.48. The molecule has 0 aliphatic heterocycles. The molecule has 0 saturated heterocycles. The third kappa shape index (κ3) is 12.7. The van der Waals surface area contributed by atoms with Gasteiger partial charge in [-0.05, 0) is 34.1 Å². The molecule has 0 aromatic heterocycles. The second-order valence-electron chi connectivity index (χ2n) is 5.03. The molecule has 8 heteroatoms. The molecular formula is C11H27IN4O2S. The van der Waals surface area contributed by atoms with Gasteiger partial charge in [-0.3, -0.25) is 4.99 Å². The second kappa shape index (κ2) is 9.76. The van der Waals surface area contributed by atoms with E-state index in [0.717, 1.165) is 5.96 Å². The highest BCUT2D eigenvalue weighted by Crippen LogP contribution is 1.97. The number of halogens is 1. The number of sulfonamides is 1. The zero-order chi connectivity index (χ0) is 14.2. The predicted octanol–water partition coefficient (Wildman–Crippen LogP) is 0.897. The van der Waals surface area contributed by atoms with Crippen LogP contribution in [0.25, 0.3) is 0 Å².